The molecule has 1 aromatic rings. The van der Waals surface area contributed by atoms with Crippen molar-refractivity contribution in [3.05, 3.63) is 29.1 Å². The number of Topliss-reactive ketones (excluding diaryl/α,β-unsaturated/α-hetero) is 1. The highest BCUT2D eigenvalue weighted by Gasteiger charge is 2.22. The van der Waals surface area contributed by atoms with Crippen LogP contribution in [0.5, 0.6) is 0 Å². The molecule has 1 aliphatic carbocycles. The number of aryl methyl sites for hydroxylation is 1. The maximum atomic E-state index is 11.8. The van der Waals surface area contributed by atoms with E-state index in [0.29, 0.717) is 12.3 Å². The number of pyridine rings is 1. The highest BCUT2D eigenvalue weighted by molar-refractivity contribution is 5.99. The van der Waals surface area contributed by atoms with Crippen LogP contribution in [0.4, 0.5) is 0 Å². The van der Waals surface area contributed by atoms with Crippen LogP contribution in [0.15, 0.2) is 12.3 Å². The molecule has 74 valence electrons. The number of rotatable bonds is 1. The first kappa shape index (κ1) is 9.38. The summed E-state index contributed by atoms with van der Waals surface area (Å²) < 4.78 is 0. The van der Waals surface area contributed by atoms with Crippen LogP contribution in [0.25, 0.3) is 0 Å². The molecule has 0 spiro atoms. The second-order valence-corrected chi connectivity index (χ2v) is 4.16. The van der Waals surface area contributed by atoms with Gasteiger partial charge in [-0.05, 0) is 30.4 Å². The van der Waals surface area contributed by atoms with Crippen LogP contribution in [-0.4, -0.2) is 10.8 Å². The largest absolute Gasteiger partial charge is 0.294 e. The Labute approximate surface area is 84.4 Å². The quantitative estimate of drug-likeness (QED) is 0.680. The monoisotopic (exact) mass is 189 g/mol. The normalized spacial score (nSPS) is 15.8. The molecule has 2 rings (SSSR count). The Morgan fingerprint density at radius 2 is 2.14 bits per heavy atom. The SMILES string of the molecule is CC(C)c1nccc2c1C(=O)CCC2. The van der Waals surface area contributed by atoms with Crippen molar-refractivity contribution in [1.82, 2.24) is 4.98 Å². The molecule has 0 bridgehead atoms. The van der Waals surface area contributed by atoms with E-state index in [4.69, 9.17) is 0 Å². The van der Waals surface area contributed by atoms with E-state index in [2.05, 4.69) is 18.8 Å². The van der Waals surface area contributed by atoms with Gasteiger partial charge >= 0.3 is 0 Å². The molecule has 2 heteroatoms. The van der Waals surface area contributed by atoms with Gasteiger partial charge in [-0.1, -0.05) is 13.8 Å². The topological polar surface area (TPSA) is 30.0 Å². The van der Waals surface area contributed by atoms with Gasteiger partial charge < -0.3 is 0 Å². The fraction of sp³-hybridized carbons (Fsp3) is 0.500. The molecule has 0 aromatic carbocycles. The highest BCUT2D eigenvalue weighted by Crippen LogP contribution is 2.26. The standard InChI is InChI=1S/C12H15NO/c1-8(2)12-11-9(6-7-13-12)4-3-5-10(11)14/h6-8H,3-5H2,1-2H3. The lowest BCUT2D eigenvalue weighted by Crippen LogP contribution is -2.15. The smallest absolute Gasteiger partial charge is 0.165 e. The Bertz CT molecular complexity index is 369. The number of hydrogen-bond donors (Lipinski definition) is 0. The highest BCUT2D eigenvalue weighted by atomic mass is 16.1. The predicted octanol–water partition coefficient (Wildman–Crippen LogP) is 2.72. The van der Waals surface area contributed by atoms with Crippen molar-refractivity contribution in [1.29, 1.82) is 0 Å². The number of hydrogen-bond acceptors (Lipinski definition) is 2. The van der Waals surface area contributed by atoms with Crippen LogP contribution in [0.1, 0.15) is 54.2 Å². The van der Waals surface area contributed by atoms with E-state index in [1.165, 1.54) is 5.56 Å². The average molecular weight is 189 g/mol. The summed E-state index contributed by atoms with van der Waals surface area (Å²) in [4.78, 5) is 16.1. The molecule has 0 atom stereocenters. The maximum absolute atomic E-state index is 11.8. The molecule has 2 nitrogen and oxygen atoms in total. The lowest BCUT2D eigenvalue weighted by atomic mass is 9.87. The van der Waals surface area contributed by atoms with E-state index in [1.54, 1.807) is 0 Å². The molecule has 0 amide bonds. The molecule has 0 radical (unpaired) electrons. The first-order valence-corrected chi connectivity index (χ1v) is 5.21. The van der Waals surface area contributed by atoms with Gasteiger partial charge in [-0.25, -0.2) is 0 Å². The van der Waals surface area contributed by atoms with Crippen molar-refractivity contribution < 1.29 is 4.79 Å². The Morgan fingerprint density at radius 1 is 1.36 bits per heavy atom. The first-order chi connectivity index (χ1) is 6.70. The summed E-state index contributed by atoms with van der Waals surface area (Å²) >= 11 is 0. The molecule has 14 heavy (non-hydrogen) atoms. The Kier molecular flexibility index (Phi) is 2.36. The van der Waals surface area contributed by atoms with Crippen molar-refractivity contribution in [3.63, 3.8) is 0 Å². The molecule has 0 aliphatic heterocycles. The zero-order chi connectivity index (χ0) is 10.1. The number of aromatic nitrogens is 1. The fourth-order valence-electron chi connectivity index (χ4n) is 2.05. The minimum atomic E-state index is 0.281. The van der Waals surface area contributed by atoms with Crippen molar-refractivity contribution in [2.75, 3.05) is 0 Å². The lowest BCUT2D eigenvalue weighted by Gasteiger charge is -2.18. The van der Waals surface area contributed by atoms with Crippen LogP contribution in [0.2, 0.25) is 0 Å². The number of nitrogens with zero attached hydrogens (tertiary/aromatic N) is 1. The minimum absolute atomic E-state index is 0.281. The molecule has 0 N–H and O–H groups in total. The second-order valence-electron chi connectivity index (χ2n) is 4.16. The van der Waals surface area contributed by atoms with E-state index in [1.807, 2.05) is 12.3 Å². The van der Waals surface area contributed by atoms with E-state index in [0.717, 1.165) is 24.1 Å². The van der Waals surface area contributed by atoms with Gasteiger partial charge in [-0.3, -0.25) is 9.78 Å². The van der Waals surface area contributed by atoms with Gasteiger partial charge in [-0.2, -0.15) is 0 Å². The van der Waals surface area contributed by atoms with Gasteiger partial charge in [0.05, 0.1) is 5.69 Å². The molecule has 0 unspecified atom stereocenters. The third kappa shape index (κ3) is 1.45. The molecule has 1 aromatic heterocycles. The zero-order valence-corrected chi connectivity index (χ0v) is 8.71. The molecule has 0 fully saturated rings. The summed E-state index contributed by atoms with van der Waals surface area (Å²) in [5, 5.41) is 0. The number of fused-ring (bicyclic) bond motifs is 1. The fourth-order valence-corrected chi connectivity index (χ4v) is 2.05. The van der Waals surface area contributed by atoms with E-state index >= 15 is 0 Å². The van der Waals surface area contributed by atoms with Crippen molar-refractivity contribution in [3.8, 4) is 0 Å². The van der Waals surface area contributed by atoms with Gasteiger partial charge in [0.25, 0.3) is 0 Å². The van der Waals surface area contributed by atoms with Crippen LogP contribution in [0, 0.1) is 0 Å². The Hall–Kier alpha value is -1.18. The third-order valence-electron chi connectivity index (χ3n) is 2.74. The predicted molar refractivity (Wildman–Crippen MR) is 55.6 cm³/mol. The Balaban J connectivity index is 2.57. The third-order valence-corrected chi connectivity index (χ3v) is 2.74. The van der Waals surface area contributed by atoms with Crippen molar-refractivity contribution in [2.24, 2.45) is 0 Å². The lowest BCUT2D eigenvalue weighted by molar-refractivity contribution is 0.0970. The van der Waals surface area contributed by atoms with Crippen LogP contribution >= 0.6 is 0 Å². The molecule has 0 saturated heterocycles. The van der Waals surface area contributed by atoms with Crippen LogP contribution in [-0.2, 0) is 6.42 Å². The van der Waals surface area contributed by atoms with Crippen LogP contribution in [0.3, 0.4) is 0 Å². The summed E-state index contributed by atoms with van der Waals surface area (Å²) in [6.07, 6.45) is 4.54. The van der Waals surface area contributed by atoms with Gasteiger partial charge in [0.2, 0.25) is 0 Å². The van der Waals surface area contributed by atoms with Gasteiger partial charge in [-0.15, -0.1) is 0 Å². The number of ketones is 1. The number of carbonyl (C=O) groups excluding carboxylic acids is 1. The molecular weight excluding hydrogens is 174 g/mol. The van der Waals surface area contributed by atoms with Gasteiger partial charge in [0.15, 0.2) is 5.78 Å². The van der Waals surface area contributed by atoms with Crippen LogP contribution < -0.4 is 0 Å². The molecule has 1 heterocycles. The van der Waals surface area contributed by atoms with E-state index < -0.39 is 0 Å². The summed E-state index contributed by atoms with van der Waals surface area (Å²) in [5.74, 6) is 0.620. The van der Waals surface area contributed by atoms with Gasteiger partial charge in [0, 0.05) is 18.2 Å². The summed E-state index contributed by atoms with van der Waals surface area (Å²) in [5.41, 5.74) is 3.08. The van der Waals surface area contributed by atoms with E-state index in [9.17, 15) is 4.79 Å². The molecule has 0 saturated carbocycles. The van der Waals surface area contributed by atoms with E-state index in [-0.39, 0.29) is 5.78 Å². The maximum Gasteiger partial charge on any atom is 0.165 e. The average Bonchev–Trinajstić information content (AvgIpc) is 2.17. The Morgan fingerprint density at radius 3 is 2.86 bits per heavy atom. The summed E-state index contributed by atoms with van der Waals surface area (Å²) in [7, 11) is 0. The second kappa shape index (κ2) is 3.52. The zero-order valence-electron chi connectivity index (χ0n) is 8.71. The minimum Gasteiger partial charge on any atom is -0.294 e. The first-order valence-electron chi connectivity index (χ1n) is 5.21. The van der Waals surface area contributed by atoms with Crippen molar-refractivity contribution >= 4 is 5.78 Å². The van der Waals surface area contributed by atoms with Gasteiger partial charge in [0.1, 0.15) is 0 Å². The summed E-state index contributed by atoms with van der Waals surface area (Å²) in [6.45, 7) is 4.18. The molecule has 1 aliphatic rings. The summed E-state index contributed by atoms with van der Waals surface area (Å²) in [6, 6.07) is 1.98. The number of carbonyl (C=O) groups is 1. The van der Waals surface area contributed by atoms with Crippen molar-refractivity contribution in [2.45, 2.75) is 39.0 Å². The molecular formula is C12H15NO.